The van der Waals surface area contributed by atoms with E-state index in [1.54, 1.807) is 25.3 Å². The number of fused-ring (bicyclic) bond motifs is 1. The van der Waals surface area contributed by atoms with E-state index in [1.807, 2.05) is 39.7 Å². The number of benzene rings is 2. The minimum atomic E-state index is -0.499. The van der Waals surface area contributed by atoms with Crippen LogP contribution in [0.15, 0.2) is 61.4 Å². The zero-order valence-electron chi connectivity index (χ0n) is 12.7. The fraction of sp³-hybridized carbons (Fsp3) is 0.111. The van der Waals surface area contributed by atoms with Crippen LogP contribution < -0.4 is 9.88 Å². The predicted molar refractivity (Wildman–Crippen MR) is 88.3 cm³/mol. The number of amides is 1. The van der Waals surface area contributed by atoms with Crippen molar-refractivity contribution in [2.24, 2.45) is 0 Å². The molecule has 0 saturated heterocycles. The number of para-hydroxylation sites is 3. The van der Waals surface area contributed by atoms with Crippen LogP contribution in [0.25, 0.3) is 17.2 Å². The highest BCUT2D eigenvalue weighted by molar-refractivity contribution is 5.92. The van der Waals surface area contributed by atoms with Gasteiger partial charge >= 0.3 is 0 Å². The lowest BCUT2D eigenvalue weighted by Crippen LogP contribution is -2.43. The molecule has 1 heterocycles. The van der Waals surface area contributed by atoms with Gasteiger partial charge in [-0.15, -0.1) is 0 Å². The quantitative estimate of drug-likeness (QED) is 0.737. The van der Waals surface area contributed by atoms with Crippen LogP contribution in [0.2, 0.25) is 0 Å². The number of hydrogen-bond donors (Lipinski definition) is 1. The molecule has 1 N–H and O–H groups in total. The monoisotopic (exact) mass is 310 g/mol. The number of nitrogens with zero attached hydrogens (tertiary/aromatic N) is 2. The number of carbonyl (C=O) groups is 1. The largest absolute Gasteiger partial charge is 0.320 e. The zero-order chi connectivity index (χ0) is 16.4. The third kappa shape index (κ3) is 2.73. The number of nitrogens with one attached hydrogen (secondary N) is 1. The highest BCUT2D eigenvalue weighted by atomic mass is 19.1. The van der Waals surface area contributed by atoms with E-state index in [9.17, 15) is 9.18 Å². The molecule has 0 spiro atoms. The molecule has 3 aromatic rings. The Kier molecular flexibility index (Phi) is 3.93. The van der Waals surface area contributed by atoms with E-state index in [0.717, 1.165) is 11.0 Å². The van der Waals surface area contributed by atoms with Gasteiger partial charge in [0.05, 0.1) is 11.9 Å². The summed E-state index contributed by atoms with van der Waals surface area (Å²) in [4.78, 5) is 12.5. The van der Waals surface area contributed by atoms with Crippen LogP contribution in [-0.2, 0) is 4.79 Å². The van der Waals surface area contributed by atoms with Crippen molar-refractivity contribution < 1.29 is 13.8 Å². The van der Waals surface area contributed by atoms with Crippen LogP contribution >= 0.6 is 0 Å². The Bertz CT molecular complexity index is 885. The summed E-state index contributed by atoms with van der Waals surface area (Å²) in [6.07, 6.45) is 3.49. The second-order valence-corrected chi connectivity index (χ2v) is 5.25. The average Bonchev–Trinajstić information content (AvgIpc) is 2.95. The molecule has 4 nitrogen and oxygen atoms in total. The molecule has 23 heavy (non-hydrogen) atoms. The zero-order valence-corrected chi connectivity index (χ0v) is 12.7. The van der Waals surface area contributed by atoms with Crippen LogP contribution in [0, 0.1) is 5.82 Å². The van der Waals surface area contributed by atoms with Crippen LogP contribution in [0.4, 0.5) is 10.1 Å². The molecule has 0 unspecified atom stereocenters. The second-order valence-electron chi connectivity index (χ2n) is 5.25. The number of aromatic nitrogens is 2. The Hall–Kier alpha value is -2.95. The second kappa shape index (κ2) is 6.04. The summed E-state index contributed by atoms with van der Waals surface area (Å²) < 4.78 is 17.4. The van der Waals surface area contributed by atoms with Gasteiger partial charge in [0.25, 0.3) is 5.91 Å². The molecule has 1 atom stereocenters. The summed E-state index contributed by atoms with van der Waals surface area (Å²) in [5, 5.41) is 2.63. The maximum atomic E-state index is 13.7. The highest BCUT2D eigenvalue weighted by Gasteiger charge is 2.25. The van der Waals surface area contributed by atoms with Crippen LogP contribution in [0.3, 0.4) is 0 Å². The van der Waals surface area contributed by atoms with Gasteiger partial charge in [0, 0.05) is 0 Å². The molecule has 0 aliphatic rings. The first-order valence-corrected chi connectivity index (χ1v) is 7.30. The van der Waals surface area contributed by atoms with Gasteiger partial charge in [-0.3, -0.25) is 4.79 Å². The van der Waals surface area contributed by atoms with E-state index in [4.69, 9.17) is 0 Å². The standard InChI is InChI=1S/C18H16FN3O/c1-3-21-12-22(17-11-7-6-10-16(17)21)13(2)18(23)20-15-9-5-4-8-14(15)19/h3-13H,1H2,2H3/p+1/t13-/m0/s1. The molecular formula is C18H17FN3O+. The Labute approximate surface area is 133 Å². The smallest absolute Gasteiger partial charge is 0.269 e. The van der Waals surface area contributed by atoms with Gasteiger partial charge in [-0.1, -0.05) is 30.8 Å². The topological polar surface area (TPSA) is 37.9 Å². The molecule has 0 radical (unpaired) electrons. The molecule has 0 aliphatic carbocycles. The van der Waals surface area contributed by atoms with Crippen molar-refractivity contribution in [3.8, 4) is 0 Å². The maximum absolute atomic E-state index is 13.7. The van der Waals surface area contributed by atoms with Gasteiger partial charge in [0.15, 0.2) is 17.1 Å². The Morgan fingerprint density at radius 2 is 1.96 bits per heavy atom. The van der Waals surface area contributed by atoms with Crippen molar-refractivity contribution >= 4 is 28.8 Å². The van der Waals surface area contributed by atoms with Crippen molar-refractivity contribution in [2.75, 3.05) is 5.32 Å². The van der Waals surface area contributed by atoms with Gasteiger partial charge < -0.3 is 5.32 Å². The summed E-state index contributed by atoms with van der Waals surface area (Å²) >= 11 is 0. The first kappa shape index (κ1) is 15.0. The van der Waals surface area contributed by atoms with Gasteiger partial charge in [0.2, 0.25) is 6.33 Å². The number of halogens is 1. The van der Waals surface area contributed by atoms with Gasteiger partial charge in [-0.25, -0.2) is 13.5 Å². The van der Waals surface area contributed by atoms with Crippen molar-refractivity contribution in [1.82, 2.24) is 4.57 Å². The normalized spacial score (nSPS) is 12.1. The molecule has 2 aromatic carbocycles. The minimum absolute atomic E-state index is 0.178. The number of carbonyl (C=O) groups excluding carboxylic acids is 1. The molecule has 0 saturated carbocycles. The van der Waals surface area contributed by atoms with E-state index < -0.39 is 11.9 Å². The van der Waals surface area contributed by atoms with Crippen LogP contribution in [-0.4, -0.2) is 10.5 Å². The minimum Gasteiger partial charge on any atom is -0.320 e. The maximum Gasteiger partial charge on any atom is 0.269 e. The lowest BCUT2D eigenvalue weighted by atomic mass is 10.2. The van der Waals surface area contributed by atoms with Crippen molar-refractivity contribution in [2.45, 2.75) is 13.0 Å². The lowest BCUT2D eigenvalue weighted by molar-refractivity contribution is -0.680. The molecule has 5 heteroatoms. The average molecular weight is 310 g/mol. The lowest BCUT2D eigenvalue weighted by Gasteiger charge is -2.10. The summed E-state index contributed by atoms with van der Waals surface area (Å²) in [6.45, 7) is 5.55. The summed E-state index contributed by atoms with van der Waals surface area (Å²) in [5.74, 6) is -0.737. The number of hydrogen-bond acceptors (Lipinski definition) is 1. The fourth-order valence-electron chi connectivity index (χ4n) is 2.54. The fourth-order valence-corrected chi connectivity index (χ4v) is 2.54. The van der Waals surface area contributed by atoms with E-state index in [1.165, 1.54) is 12.1 Å². The third-order valence-corrected chi connectivity index (χ3v) is 3.81. The van der Waals surface area contributed by atoms with E-state index >= 15 is 0 Å². The Morgan fingerprint density at radius 3 is 2.70 bits per heavy atom. The van der Waals surface area contributed by atoms with Crippen molar-refractivity contribution in [3.63, 3.8) is 0 Å². The van der Waals surface area contributed by atoms with E-state index in [-0.39, 0.29) is 11.6 Å². The van der Waals surface area contributed by atoms with Crippen molar-refractivity contribution in [1.29, 1.82) is 0 Å². The first-order chi connectivity index (χ1) is 11.1. The number of imidazole rings is 1. The van der Waals surface area contributed by atoms with Crippen LogP contribution in [0.5, 0.6) is 0 Å². The molecule has 1 amide bonds. The van der Waals surface area contributed by atoms with Gasteiger partial charge in [0.1, 0.15) is 5.82 Å². The predicted octanol–water partition coefficient (Wildman–Crippen LogP) is 3.37. The summed E-state index contributed by atoms with van der Waals surface area (Å²) in [5.41, 5.74) is 2.04. The molecule has 0 bridgehead atoms. The molecule has 0 aliphatic heterocycles. The Morgan fingerprint density at radius 1 is 1.26 bits per heavy atom. The molecule has 116 valence electrons. The van der Waals surface area contributed by atoms with Crippen molar-refractivity contribution in [3.05, 3.63) is 67.3 Å². The van der Waals surface area contributed by atoms with E-state index in [0.29, 0.717) is 0 Å². The molecule has 3 rings (SSSR count). The van der Waals surface area contributed by atoms with Crippen LogP contribution in [0.1, 0.15) is 13.0 Å². The molecular weight excluding hydrogens is 293 g/mol. The van der Waals surface area contributed by atoms with Gasteiger partial charge in [-0.05, 0) is 31.2 Å². The number of anilines is 1. The number of rotatable bonds is 4. The third-order valence-electron chi connectivity index (χ3n) is 3.81. The molecule has 1 aromatic heterocycles. The first-order valence-electron chi connectivity index (χ1n) is 7.30. The van der Waals surface area contributed by atoms with Gasteiger partial charge in [-0.2, -0.15) is 0 Å². The Balaban J connectivity index is 1.94. The molecule has 0 fully saturated rings. The summed E-state index contributed by atoms with van der Waals surface area (Å²) in [7, 11) is 0. The SMILES string of the molecule is C=Cn1c[n+]([C@@H](C)C(=O)Nc2ccccc2F)c2ccccc21. The van der Waals surface area contributed by atoms with E-state index in [2.05, 4.69) is 11.9 Å². The highest BCUT2D eigenvalue weighted by Crippen LogP contribution is 2.16. The summed E-state index contributed by atoms with van der Waals surface area (Å²) in [6, 6.07) is 13.3.